The van der Waals surface area contributed by atoms with Crippen LogP contribution in [0.5, 0.6) is 0 Å². The number of nitrogens with two attached hydrogens (primary N) is 1. The lowest BCUT2D eigenvalue weighted by Gasteiger charge is -2.36. The van der Waals surface area contributed by atoms with Gasteiger partial charge in [-0.3, -0.25) is 14.4 Å². The van der Waals surface area contributed by atoms with Gasteiger partial charge in [-0.05, 0) is 26.4 Å². The molecule has 4 rings (SSSR count). The number of methoxy groups -OCH3 is 1. The molecule has 0 saturated carbocycles. The van der Waals surface area contributed by atoms with Crippen LogP contribution in [0.2, 0.25) is 0 Å². The lowest BCUT2D eigenvalue weighted by molar-refractivity contribution is -0.148. The molecular formula is C18H23N7O2. The van der Waals surface area contributed by atoms with Crippen LogP contribution in [0.15, 0.2) is 24.7 Å². The fourth-order valence-electron chi connectivity index (χ4n) is 3.90. The van der Waals surface area contributed by atoms with E-state index in [-0.39, 0.29) is 17.9 Å². The number of carbonyl (C=O) groups excluding carboxylic acids is 1. The number of aromatic nitrogens is 5. The molecule has 27 heavy (non-hydrogen) atoms. The zero-order valence-electron chi connectivity index (χ0n) is 15.7. The number of anilines is 1. The lowest BCUT2D eigenvalue weighted by atomic mass is 9.86. The number of hydrogen-bond donors (Lipinski definition) is 1. The molecule has 1 saturated heterocycles. The molecule has 142 valence electrons. The van der Waals surface area contributed by atoms with E-state index in [2.05, 4.69) is 10.2 Å². The van der Waals surface area contributed by atoms with E-state index in [1.165, 1.54) is 7.11 Å². The molecule has 0 amide bonds. The second-order valence-electron chi connectivity index (χ2n) is 7.00. The highest BCUT2D eigenvalue weighted by atomic mass is 16.5. The van der Waals surface area contributed by atoms with E-state index in [0.29, 0.717) is 11.5 Å². The minimum Gasteiger partial charge on any atom is -0.468 e. The summed E-state index contributed by atoms with van der Waals surface area (Å²) in [5.74, 6) is 0.158. The van der Waals surface area contributed by atoms with Gasteiger partial charge < -0.3 is 10.5 Å². The van der Waals surface area contributed by atoms with Crippen LogP contribution in [0.3, 0.4) is 0 Å². The largest absolute Gasteiger partial charge is 0.468 e. The molecule has 9 nitrogen and oxygen atoms in total. The summed E-state index contributed by atoms with van der Waals surface area (Å²) in [6.45, 7) is 0.849. The summed E-state index contributed by atoms with van der Waals surface area (Å²) in [4.78, 5) is 19.3. The summed E-state index contributed by atoms with van der Waals surface area (Å²) in [6.07, 6.45) is 7.25. The van der Waals surface area contributed by atoms with E-state index in [1.54, 1.807) is 21.6 Å². The molecule has 2 N–H and O–H groups in total. The zero-order chi connectivity index (χ0) is 19.1. The zero-order valence-corrected chi connectivity index (χ0v) is 15.7. The number of nitrogens with zero attached hydrogens (tertiary/aromatic N) is 6. The number of aryl methyl sites for hydroxylation is 1. The molecule has 0 aliphatic carbocycles. The first-order valence-corrected chi connectivity index (χ1v) is 8.91. The third-order valence-electron chi connectivity index (χ3n) is 5.24. The molecule has 2 atom stereocenters. The first kappa shape index (κ1) is 17.5. The van der Waals surface area contributed by atoms with Crippen molar-refractivity contribution in [2.45, 2.75) is 24.8 Å². The first-order chi connectivity index (χ1) is 13.0. The van der Waals surface area contributed by atoms with Crippen LogP contribution in [0.25, 0.3) is 16.8 Å². The molecule has 3 aromatic rings. The number of rotatable bonds is 3. The Kier molecular flexibility index (Phi) is 4.31. The second kappa shape index (κ2) is 6.66. The van der Waals surface area contributed by atoms with Gasteiger partial charge in [0, 0.05) is 36.4 Å². The Morgan fingerprint density at radius 3 is 2.81 bits per heavy atom. The molecule has 1 aliphatic heterocycles. The standard InChI is InChI=1S/C18H23N7O2/c1-23-6-4-5-12(16(23)18(26)27-3)14-7-15(19)25-17(22-14)13(9-21-25)11-8-20-24(2)10-11/h7-10,12,16H,4-6,19H2,1-3H3. The van der Waals surface area contributed by atoms with Gasteiger partial charge in [-0.1, -0.05) is 0 Å². The molecule has 1 aliphatic rings. The number of piperidine rings is 1. The highest BCUT2D eigenvalue weighted by Gasteiger charge is 2.38. The van der Waals surface area contributed by atoms with Gasteiger partial charge in [-0.2, -0.15) is 14.7 Å². The smallest absolute Gasteiger partial charge is 0.323 e. The van der Waals surface area contributed by atoms with Crippen LogP contribution in [0.4, 0.5) is 5.82 Å². The van der Waals surface area contributed by atoms with E-state index < -0.39 is 0 Å². The number of carbonyl (C=O) groups is 1. The molecule has 0 aromatic carbocycles. The number of nitrogen functional groups attached to an aromatic ring is 1. The van der Waals surface area contributed by atoms with Crippen molar-refractivity contribution in [1.29, 1.82) is 0 Å². The van der Waals surface area contributed by atoms with Crippen molar-refractivity contribution in [3.8, 4) is 11.1 Å². The maximum Gasteiger partial charge on any atom is 0.323 e. The third-order valence-corrected chi connectivity index (χ3v) is 5.24. The van der Waals surface area contributed by atoms with E-state index in [1.807, 2.05) is 31.3 Å². The Labute approximate surface area is 156 Å². The van der Waals surface area contributed by atoms with Gasteiger partial charge in [0.2, 0.25) is 0 Å². The van der Waals surface area contributed by atoms with Gasteiger partial charge in [0.1, 0.15) is 11.9 Å². The lowest BCUT2D eigenvalue weighted by Crippen LogP contribution is -2.47. The number of likely N-dealkylation sites (N-methyl/N-ethyl adjacent to an activating group) is 1. The van der Waals surface area contributed by atoms with Crippen molar-refractivity contribution in [3.05, 3.63) is 30.4 Å². The Bertz CT molecular complexity index is 993. The molecule has 2 unspecified atom stereocenters. The van der Waals surface area contributed by atoms with Gasteiger partial charge >= 0.3 is 5.97 Å². The topological polar surface area (TPSA) is 104 Å². The molecule has 0 bridgehead atoms. The van der Waals surface area contributed by atoms with Crippen LogP contribution in [0, 0.1) is 0 Å². The number of ether oxygens (including phenoxy) is 1. The van der Waals surface area contributed by atoms with Gasteiger partial charge in [0.05, 0.1) is 25.2 Å². The SMILES string of the molecule is COC(=O)C1C(c2cc(N)n3ncc(-c4cnn(C)c4)c3n2)CCCN1C. The normalized spacial score (nSPS) is 20.9. The van der Waals surface area contributed by atoms with E-state index in [4.69, 9.17) is 15.5 Å². The fraction of sp³-hybridized carbons (Fsp3) is 0.444. The number of hydrogen-bond acceptors (Lipinski definition) is 7. The second-order valence-corrected chi connectivity index (χ2v) is 7.00. The molecule has 0 radical (unpaired) electrons. The van der Waals surface area contributed by atoms with Crippen molar-refractivity contribution in [2.24, 2.45) is 7.05 Å². The van der Waals surface area contributed by atoms with E-state index in [0.717, 1.165) is 36.2 Å². The summed E-state index contributed by atoms with van der Waals surface area (Å²) in [5.41, 5.74) is 9.48. The Morgan fingerprint density at radius 1 is 1.30 bits per heavy atom. The van der Waals surface area contributed by atoms with Crippen molar-refractivity contribution in [3.63, 3.8) is 0 Å². The Morgan fingerprint density at radius 2 is 2.11 bits per heavy atom. The van der Waals surface area contributed by atoms with Crippen LogP contribution in [0.1, 0.15) is 24.5 Å². The summed E-state index contributed by atoms with van der Waals surface area (Å²) in [6, 6.07) is 1.44. The quantitative estimate of drug-likeness (QED) is 0.689. The summed E-state index contributed by atoms with van der Waals surface area (Å²) in [5, 5.41) is 8.59. The van der Waals surface area contributed by atoms with Gasteiger partial charge in [-0.15, -0.1) is 0 Å². The molecule has 9 heteroatoms. The van der Waals surface area contributed by atoms with Crippen molar-refractivity contribution < 1.29 is 9.53 Å². The predicted octanol–water partition coefficient (Wildman–Crippen LogP) is 1.06. The summed E-state index contributed by atoms with van der Waals surface area (Å²) >= 11 is 0. The van der Waals surface area contributed by atoms with Gasteiger partial charge in [0.15, 0.2) is 5.65 Å². The minimum absolute atomic E-state index is 0.0832. The van der Waals surface area contributed by atoms with Crippen LogP contribution < -0.4 is 5.73 Å². The monoisotopic (exact) mass is 369 g/mol. The fourth-order valence-corrected chi connectivity index (χ4v) is 3.90. The molecule has 0 spiro atoms. The van der Waals surface area contributed by atoms with Crippen LogP contribution in [-0.2, 0) is 16.6 Å². The van der Waals surface area contributed by atoms with Gasteiger partial charge in [0.25, 0.3) is 0 Å². The predicted molar refractivity (Wildman–Crippen MR) is 100 cm³/mol. The Balaban J connectivity index is 1.83. The molecule has 3 aromatic heterocycles. The molecule has 4 heterocycles. The first-order valence-electron chi connectivity index (χ1n) is 8.91. The minimum atomic E-state index is -0.372. The summed E-state index contributed by atoms with van der Waals surface area (Å²) in [7, 11) is 5.22. The number of likely N-dealkylation sites (tertiary alicyclic amines) is 1. The average molecular weight is 369 g/mol. The van der Waals surface area contributed by atoms with Crippen molar-refractivity contribution in [1.82, 2.24) is 29.3 Å². The number of fused-ring (bicyclic) bond motifs is 1. The highest BCUT2D eigenvalue weighted by Crippen LogP contribution is 2.34. The molecule has 1 fully saturated rings. The highest BCUT2D eigenvalue weighted by molar-refractivity contribution is 5.79. The third kappa shape index (κ3) is 2.93. The van der Waals surface area contributed by atoms with Gasteiger partial charge in [-0.25, -0.2) is 4.98 Å². The average Bonchev–Trinajstić information content (AvgIpc) is 3.27. The molecular weight excluding hydrogens is 346 g/mol. The van der Waals surface area contributed by atoms with Crippen LogP contribution >= 0.6 is 0 Å². The summed E-state index contributed by atoms with van der Waals surface area (Å²) < 4.78 is 8.39. The van der Waals surface area contributed by atoms with E-state index >= 15 is 0 Å². The van der Waals surface area contributed by atoms with E-state index in [9.17, 15) is 4.79 Å². The van der Waals surface area contributed by atoms with Crippen molar-refractivity contribution in [2.75, 3.05) is 26.4 Å². The number of esters is 1. The van der Waals surface area contributed by atoms with Crippen LogP contribution in [-0.4, -0.2) is 62.0 Å². The van der Waals surface area contributed by atoms with Crippen molar-refractivity contribution >= 4 is 17.4 Å². The maximum absolute atomic E-state index is 12.4. The Hall–Kier alpha value is -2.94. The maximum atomic E-state index is 12.4.